The first-order valence-corrected chi connectivity index (χ1v) is 10.5. The van der Waals surface area contributed by atoms with Crippen LogP contribution in [-0.2, 0) is 11.3 Å². The van der Waals surface area contributed by atoms with E-state index in [1.165, 1.54) is 13.2 Å². The molecule has 1 fully saturated rings. The molecule has 7 heteroatoms. The Bertz CT molecular complexity index is 885. The highest BCUT2D eigenvalue weighted by Crippen LogP contribution is 2.26. The quantitative estimate of drug-likeness (QED) is 0.704. The molecule has 1 heterocycles. The van der Waals surface area contributed by atoms with Gasteiger partial charge >= 0.3 is 0 Å². The van der Waals surface area contributed by atoms with Crippen molar-refractivity contribution in [3.05, 3.63) is 58.4 Å². The van der Waals surface area contributed by atoms with Crippen LogP contribution >= 0.6 is 11.6 Å². The number of hydrogen-bond acceptors (Lipinski definition) is 4. The number of carbonyl (C=O) groups excluding carboxylic acids is 1. The first kappa shape index (κ1) is 22.4. The molecule has 1 saturated heterocycles. The number of ether oxygens (including phenoxy) is 2. The summed E-state index contributed by atoms with van der Waals surface area (Å²) in [6.07, 6.45) is 1.04. The monoisotopic (exact) mass is 434 g/mol. The molecule has 1 aliphatic rings. The van der Waals surface area contributed by atoms with Crippen molar-refractivity contribution in [2.45, 2.75) is 45.4 Å². The average molecular weight is 435 g/mol. The molecule has 0 aromatic heterocycles. The van der Waals surface area contributed by atoms with E-state index in [1.807, 2.05) is 25.1 Å². The summed E-state index contributed by atoms with van der Waals surface area (Å²) >= 11 is 6.15. The molecule has 30 heavy (non-hydrogen) atoms. The molecular weight excluding hydrogens is 407 g/mol. The van der Waals surface area contributed by atoms with Gasteiger partial charge in [0.2, 0.25) is 0 Å². The second-order valence-corrected chi connectivity index (χ2v) is 8.13. The third kappa shape index (κ3) is 5.86. The summed E-state index contributed by atoms with van der Waals surface area (Å²) in [5, 5.41) is 3.56. The van der Waals surface area contributed by atoms with Gasteiger partial charge in [0.25, 0.3) is 5.91 Å². The maximum absolute atomic E-state index is 13.9. The zero-order chi connectivity index (χ0) is 21.7. The van der Waals surface area contributed by atoms with Crippen molar-refractivity contribution in [3.8, 4) is 11.5 Å². The van der Waals surface area contributed by atoms with Crippen LogP contribution in [0.3, 0.4) is 0 Å². The van der Waals surface area contributed by atoms with E-state index in [0.717, 1.165) is 37.1 Å². The van der Waals surface area contributed by atoms with E-state index in [1.54, 1.807) is 19.1 Å². The van der Waals surface area contributed by atoms with Gasteiger partial charge in [-0.1, -0.05) is 23.7 Å². The highest BCUT2D eigenvalue weighted by atomic mass is 35.5. The number of halogens is 2. The molecule has 5 nitrogen and oxygen atoms in total. The Hall–Kier alpha value is -2.31. The Kier molecular flexibility index (Phi) is 7.56. The van der Waals surface area contributed by atoms with Gasteiger partial charge < -0.3 is 14.8 Å². The first-order valence-electron chi connectivity index (χ1n) is 10.1. The van der Waals surface area contributed by atoms with Crippen LogP contribution in [0.4, 0.5) is 4.39 Å². The van der Waals surface area contributed by atoms with E-state index in [4.69, 9.17) is 21.1 Å². The van der Waals surface area contributed by atoms with Crippen molar-refractivity contribution < 1.29 is 18.7 Å². The number of rotatable bonds is 7. The van der Waals surface area contributed by atoms with Crippen LogP contribution in [0.15, 0.2) is 36.4 Å². The number of carbonyl (C=O) groups is 1. The fourth-order valence-corrected chi connectivity index (χ4v) is 3.73. The molecule has 0 spiro atoms. The lowest BCUT2D eigenvalue weighted by atomic mass is 10.0. The van der Waals surface area contributed by atoms with Crippen molar-refractivity contribution in [2.75, 3.05) is 20.2 Å². The van der Waals surface area contributed by atoms with E-state index in [-0.39, 0.29) is 23.5 Å². The lowest BCUT2D eigenvalue weighted by Gasteiger charge is -2.33. The highest BCUT2D eigenvalue weighted by Gasteiger charge is 2.24. The topological polar surface area (TPSA) is 50.8 Å². The van der Waals surface area contributed by atoms with Crippen LogP contribution in [0.1, 0.15) is 30.9 Å². The molecule has 0 radical (unpaired) electrons. The molecule has 162 valence electrons. The molecule has 1 N–H and O–H groups in total. The molecule has 0 saturated carbocycles. The van der Waals surface area contributed by atoms with Crippen molar-refractivity contribution in [1.29, 1.82) is 0 Å². The summed E-state index contributed by atoms with van der Waals surface area (Å²) in [5.74, 6) is 0.271. The second kappa shape index (κ2) is 10.1. The Morgan fingerprint density at radius 3 is 2.63 bits per heavy atom. The molecule has 2 aromatic rings. The van der Waals surface area contributed by atoms with Crippen LogP contribution in [0, 0.1) is 12.7 Å². The lowest BCUT2D eigenvalue weighted by Crippen LogP contribution is -2.47. The highest BCUT2D eigenvalue weighted by molar-refractivity contribution is 6.32. The van der Waals surface area contributed by atoms with Gasteiger partial charge in [0.1, 0.15) is 5.75 Å². The molecule has 1 amide bonds. The van der Waals surface area contributed by atoms with E-state index in [2.05, 4.69) is 10.2 Å². The van der Waals surface area contributed by atoms with Crippen molar-refractivity contribution >= 4 is 17.5 Å². The van der Waals surface area contributed by atoms with Gasteiger partial charge in [-0.05, 0) is 62.1 Å². The van der Waals surface area contributed by atoms with Gasteiger partial charge in [0.05, 0.1) is 12.1 Å². The zero-order valence-corrected chi connectivity index (χ0v) is 18.3. The molecule has 1 unspecified atom stereocenters. The van der Waals surface area contributed by atoms with Gasteiger partial charge in [0, 0.05) is 25.7 Å². The molecule has 3 rings (SSSR count). The minimum atomic E-state index is -0.635. The summed E-state index contributed by atoms with van der Waals surface area (Å²) < 4.78 is 24.6. The number of benzene rings is 2. The summed E-state index contributed by atoms with van der Waals surface area (Å²) in [7, 11) is 1.46. The number of aryl methyl sites for hydroxylation is 1. The Morgan fingerprint density at radius 1 is 1.23 bits per heavy atom. The van der Waals surface area contributed by atoms with Gasteiger partial charge in [-0.2, -0.15) is 0 Å². The number of nitrogens with zero attached hydrogens (tertiary/aromatic N) is 1. The molecular formula is C23H28ClFN2O3. The summed E-state index contributed by atoms with van der Waals surface area (Å²) in [5.41, 5.74) is 1.93. The Morgan fingerprint density at radius 2 is 1.97 bits per heavy atom. The largest absolute Gasteiger partial charge is 0.494 e. The zero-order valence-electron chi connectivity index (χ0n) is 17.6. The number of piperidine rings is 1. The summed E-state index contributed by atoms with van der Waals surface area (Å²) in [4.78, 5) is 14.8. The van der Waals surface area contributed by atoms with Crippen LogP contribution in [0.25, 0.3) is 0 Å². The number of nitrogens with one attached hydrogen (secondary N) is 1. The van der Waals surface area contributed by atoms with Crippen molar-refractivity contribution in [2.24, 2.45) is 0 Å². The van der Waals surface area contributed by atoms with Crippen molar-refractivity contribution in [3.63, 3.8) is 0 Å². The molecule has 0 aliphatic carbocycles. The fraction of sp³-hybridized carbons (Fsp3) is 0.435. The smallest absolute Gasteiger partial charge is 0.260 e. The number of methoxy groups -OCH3 is 1. The Labute approximate surface area is 182 Å². The summed E-state index contributed by atoms with van der Waals surface area (Å²) in [6, 6.07) is 10.6. The van der Waals surface area contributed by atoms with Crippen LogP contribution < -0.4 is 14.8 Å². The van der Waals surface area contributed by atoms with E-state index < -0.39 is 6.10 Å². The molecule has 1 atom stereocenters. The van der Waals surface area contributed by atoms with Crippen LogP contribution in [-0.4, -0.2) is 43.2 Å². The molecule has 2 aromatic carbocycles. The first-order chi connectivity index (χ1) is 14.4. The molecule has 1 aliphatic heterocycles. The minimum absolute atomic E-state index is 0.0976. The Balaban J connectivity index is 1.46. The van der Waals surface area contributed by atoms with Crippen molar-refractivity contribution in [1.82, 2.24) is 10.2 Å². The van der Waals surface area contributed by atoms with Crippen LogP contribution in [0.5, 0.6) is 11.5 Å². The average Bonchev–Trinajstić information content (AvgIpc) is 2.72. The van der Waals surface area contributed by atoms with E-state index in [9.17, 15) is 9.18 Å². The fourth-order valence-electron chi connectivity index (χ4n) is 3.57. The standard InChI is InChI=1S/C23H28ClFN2O3/c1-15-4-6-19(24)22(12-15)30-16(2)23(28)26-18-8-10-27(11-9-18)14-17-5-7-21(29-3)20(25)13-17/h4-7,12-13,16,18H,8-11,14H2,1-3H3,(H,26,28). The summed E-state index contributed by atoms with van der Waals surface area (Å²) in [6.45, 7) is 6.01. The number of hydrogen-bond donors (Lipinski definition) is 1. The maximum Gasteiger partial charge on any atom is 0.260 e. The maximum atomic E-state index is 13.9. The SMILES string of the molecule is COc1ccc(CN2CCC(NC(=O)C(C)Oc3cc(C)ccc3Cl)CC2)cc1F. The lowest BCUT2D eigenvalue weighted by molar-refractivity contribution is -0.128. The molecule has 0 bridgehead atoms. The van der Waals surface area contributed by atoms with Gasteiger partial charge in [0.15, 0.2) is 17.7 Å². The van der Waals surface area contributed by atoms with E-state index >= 15 is 0 Å². The minimum Gasteiger partial charge on any atom is -0.494 e. The predicted octanol–water partition coefficient (Wildman–Crippen LogP) is 4.34. The number of likely N-dealkylation sites (tertiary alicyclic amines) is 1. The van der Waals surface area contributed by atoms with Gasteiger partial charge in [-0.25, -0.2) is 4.39 Å². The second-order valence-electron chi connectivity index (χ2n) is 7.72. The predicted molar refractivity (Wildman–Crippen MR) is 116 cm³/mol. The van der Waals surface area contributed by atoms with Gasteiger partial charge in [-0.3, -0.25) is 9.69 Å². The number of amides is 1. The van der Waals surface area contributed by atoms with E-state index in [0.29, 0.717) is 17.3 Å². The third-order valence-corrected chi connectivity index (χ3v) is 5.63. The van der Waals surface area contributed by atoms with Crippen LogP contribution in [0.2, 0.25) is 5.02 Å². The normalized spacial score (nSPS) is 16.2. The third-order valence-electron chi connectivity index (χ3n) is 5.32. The van der Waals surface area contributed by atoms with Gasteiger partial charge in [-0.15, -0.1) is 0 Å².